The third-order valence-corrected chi connectivity index (χ3v) is 3.31. The molecule has 1 fully saturated rings. The molecule has 0 heterocycles. The molecule has 1 saturated carbocycles. The van der Waals surface area contributed by atoms with E-state index in [1.54, 1.807) is 0 Å². The van der Waals surface area contributed by atoms with Gasteiger partial charge in [0.2, 0.25) is 0 Å². The van der Waals surface area contributed by atoms with Gasteiger partial charge in [-0.3, -0.25) is 0 Å². The molecule has 1 aliphatic rings. The summed E-state index contributed by atoms with van der Waals surface area (Å²) in [6.45, 7) is 2.62. The Hall–Kier alpha value is -0.680. The Morgan fingerprint density at radius 1 is 1.35 bits per heavy atom. The van der Waals surface area contributed by atoms with E-state index in [-0.39, 0.29) is 17.8 Å². The number of rotatable bonds is 4. The fourth-order valence-corrected chi connectivity index (χ4v) is 2.34. The zero-order valence-corrected chi connectivity index (χ0v) is 11.1. The van der Waals surface area contributed by atoms with E-state index < -0.39 is 11.6 Å². The van der Waals surface area contributed by atoms with Gasteiger partial charge in [-0.25, -0.2) is 8.78 Å². The van der Waals surface area contributed by atoms with Crippen LogP contribution in [0.5, 0.6) is 0 Å². The quantitative estimate of drug-likeness (QED) is 0.915. The number of ether oxygens (including phenoxy) is 1. The molecular weight excluding hydrogens is 292 g/mol. The molecule has 0 saturated heterocycles. The van der Waals surface area contributed by atoms with E-state index in [9.17, 15) is 8.78 Å². The molecule has 5 heteroatoms. The Labute approximate surface area is 107 Å². The molecule has 0 aliphatic heterocycles. The molecule has 1 N–H and O–H groups in total. The molecule has 0 amide bonds. The van der Waals surface area contributed by atoms with Gasteiger partial charge in [0.05, 0.1) is 6.10 Å². The Morgan fingerprint density at radius 3 is 2.47 bits per heavy atom. The lowest BCUT2D eigenvalue weighted by atomic mass is 9.89. The van der Waals surface area contributed by atoms with E-state index in [1.165, 1.54) is 12.1 Å². The largest absolute Gasteiger partial charge is 0.378 e. The molecular formula is C12H14BrF2NO. The first-order valence-electron chi connectivity index (χ1n) is 5.62. The van der Waals surface area contributed by atoms with Crippen LogP contribution in [0.4, 0.5) is 14.5 Å². The number of nitrogens with one attached hydrogen (secondary N) is 1. The molecule has 1 aromatic carbocycles. The summed E-state index contributed by atoms with van der Waals surface area (Å²) in [5.41, 5.74) is -0.0480. The van der Waals surface area contributed by atoms with Crippen molar-refractivity contribution in [1.29, 1.82) is 0 Å². The summed E-state index contributed by atoms with van der Waals surface area (Å²) in [4.78, 5) is 0. The highest BCUT2D eigenvalue weighted by atomic mass is 79.9. The van der Waals surface area contributed by atoms with Crippen LogP contribution >= 0.6 is 15.9 Å². The van der Waals surface area contributed by atoms with E-state index >= 15 is 0 Å². The molecule has 0 radical (unpaired) electrons. The van der Waals surface area contributed by atoms with Crippen LogP contribution in [-0.2, 0) is 4.74 Å². The van der Waals surface area contributed by atoms with E-state index in [1.807, 2.05) is 6.92 Å². The summed E-state index contributed by atoms with van der Waals surface area (Å²) in [7, 11) is 0. The standard InChI is InChI=1S/C12H14BrF2NO/c1-2-17-9-5-8(6-9)16-12-10(14)3-7(13)4-11(12)15/h3-4,8-9,16H,2,5-6H2,1H3. The van der Waals surface area contributed by atoms with Crippen LogP contribution in [0.15, 0.2) is 16.6 Å². The number of halogens is 3. The van der Waals surface area contributed by atoms with Gasteiger partial charge in [0.15, 0.2) is 0 Å². The Kier molecular flexibility index (Phi) is 3.99. The van der Waals surface area contributed by atoms with Crippen molar-refractivity contribution in [1.82, 2.24) is 0 Å². The highest BCUT2D eigenvalue weighted by Crippen LogP contribution is 2.30. The minimum Gasteiger partial charge on any atom is -0.378 e. The molecule has 0 atom stereocenters. The van der Waals surface area contributed by atoms with Crippen molar-refractivity contribution < 1.29 is 13.5 Å². The van der Waals surface area contributed by atoms with E-state index in [2.05, 4.69) is 21.2 Å². The van der Waals surface area contributed by atoms with Crippen LogP contribution in [0.2, 0.25) is 0 Å². The van der Waals surface area contributed by atoms with Gasteiger partial charge in [-0.1, -0.05) is 15.9 Å². The summed E-state index contributed by atoms with van der Waals surface area (Å²) < 4.78 is 32.8. The summed E-state index contributed by atoms with van der Waals surface area (Å²) in [5, 5.41) is 2.88. The van der Waals surface area contributed by atoms with Gasteiger partial charge in [-0.2, -0.15) is 0 Å². The van der Waals surface area contributed by atoms with Crippen LogP contribution in [0.25, 0.3) is 0 Å². The summed E-state index contributed by atoms with van der Waals surface area (Å²) in [6.07, 6.45) is 1.81. The van der Waals surface area contributed by atoms with Gasteiger partial charge < -0.3 is 10.1 Å². The van der Waals surface area contributed by atoms with Crippen molar-refractivity contribution in [3.63, 3.8) is 0 Å². The smallest absolute Gasteiger partial charge is 0.150 e. The zero-order chi connectivity index (χ0) is 12.4. The number of anilines is 1. The van der Waals surface area contributed by atoms with Gasteiger partial charge >= 0.3 is 0 Å². The predicted octanol–water partition coefficient (Wildman–Crippen LogP) is 3.71. The second-order valence-electron chi connectivity index (χ2n) is 4.13. The second-order valence-corrected chi connectivity index (χ2v) is 5.05. The lowest BCUT2D eigenvalue weighted by Crippen LogP contribution is -2.41. The minimum absolute atomic E-state index is 0.0480. The lowest BCUT2D eigenvalue weighted by molar-refractivity contribution is 0.00286. The number of benzene rings is 1. The summed E-state index contributed by atoms with van der Waals surface area (Å²) in [5.74, 6) is -1.14. The normalized spacial score (nSPS) is 23.3. The van der Waals surface area contributed by atoms with E-state index in [0.717, 1.165) is 12.8 Å². The molecule has 0 spiro atoms. The predicted molar refractivity (Wildman–Crippen MR) is 66.1 cm³/mol. The molecule has 0 unspecified atom stereocenters. The highest BCUT2D eigenvalue weighted by molar-refractivity contribution is 9.10. The van der Waals surface area contributed by atoms with Crippen LogP contribution in [0.1, 0.15) is 19.8 Å². The molecule has 1 aromatic rings. The number of hydrogen-bond donors (Lipinski definition) is 1. The van der Waals surface area contributed by atoms with Crippen molar-refractivity contribution in [3.05, 3.63) is 28.2 Å². The van der Waals surface area contributed by atoms with Crippen LogP contribution in [-0.4, -0.2) is 18.8 Å². The molecule has 94 valence electrons. The van der Waals surface area contributed by atoms with Gasteiger partial charge in [-0.15, -0.1) is 0 Å². The fourth-order valence-electron chi connectivity index (χ4n) is 1.94. The van der Waals surface area contributed by atoms with Crippen molar-refractivity contribution in [2.45, 2.75) is 31.9 Å². The minimum atomic E-state index is -0.572. The molecule has 0 aromatic heterocycles. The molecule has 2 rings (SSSR count). The average molecular weight is 306 g/mol. The highest BCUT2D eigenvalue weighted by Gasteiger charge is 2.30. The zero-order valence-electron chi connectivity index (χ0n) is 9.47. The molecule has 2 nitrogen and oxygen atoms in total. The Morgan fingerprint density at radius 2 is 1.94 bits per heavy atom. The van der Waals surface area contributed by atoms with Crippen LogP contribution < -0.4 is 5.32 Å². The van der Waals surface area contributed by atoms with Crippen LogP contribution in [0, 0.1) is 11.6 Å². The van der Waals surface area contributed by atoms with Gasteiger partial charge in [-0.05, 0) is 31.9 Å². The van der Waals surface area contributed by atoms with Crippen molar-refractivity contribution in [2.24, 2.45) is 0 Å². The maximum absolute atomic E-state index is 13.5. The maximum Gasteiger partial charge on any atom is 0.150 e. The number of hydrogen-bond acceptors (Lipinski definition) is 2. The second kappa shape index (κ2) is 5.31. The Bertz CT molecular complexity index is 384. The SMILES string of the molecule is CCOC1CC(Nc2c(F)cc(Br)cc2F)C1. The topological polar surface area (TPSA) is 21.3 Å². The third kappa shape index (κ3) is 2.96. The first-order chi connectivity index (χ1) is 8.10. The van der Waals surface area contributed by atoms with Gasteiger partial charge in [0.25, 0.3) is 0 Å². The first-order valence-corrected chi connectivity index (χ1v) is 6.42. The molecule has 17 heavy (non-hydrogen) atoms. The van der Waals surface area contributed by atoms with Gasteiger partial charge in [0, 0.05) is 17.1 Å². The van der Waals surface area contributed by atoms with Crippen molar-refractivity contribution in [2.75, 3.05) is 11.9 Å². The fraction of sp³-hybridized carbons (Fsp3) is 0.500. The van der Waals surface area contributed by atoms with E-state index in [4.69, 9.17) is 4.74 Å². The lowest BCUT2D eigenvalue weighted by Gasteiger charge is -2.36. The Balaban J connectivity index is 1.97. The van der Waals surface area contributed by atoms with Gasteiger partial charge in [0.1, 0.15) is 17.3 Å². The molecule has 0 bridgehead atoms. The molecule has 1 aliphatic carbocycles. The first kappa shape index (κ1) is 12.8. The summed E-state index contributed by atoms with van der Waals surface area (Å²) in [6, 6.07) is 2.60. The monoisotopic (exact) mass is 305 g/mol. The van der Waals surface area contributed by atoms with Crippen molar-refractivity contribution in [3.8, 4) is 0 Å². The average Bonchev–Trinajstić information content (AvgIpc) is 2.18. The van der Waals surface area contributed by atoms with Crippen LogP contribution in [0.3, 0.4) is 0 Å². The van der Waals surface area contributed by atoms with Crippen molar-refractivity contribution >= 4 is 21.6 Å². The summed E-state index contributed by atoms with van der Waals surface area (Å²) >= 11 is 3.05. The third-order valence-electron chi connectivity index (χ3n) is 2.85. The maximum atomic E-state index is 13.5. The van der Waals surface area contributed by atoms with E-state index in [0.29, 0.717) is 11.1 Å².